The van der Waals surface area contributed by atoms with Crippen molar-refractivity contribution in [3.8, 4) is 5.75 Å². The van der Waals surface area contributed by atoms with Gasteiger partial charge in [-0.15, -0.1) is 24.0 Å². The summed E-state index contributed by atoms with van der Waals surface area (Å²) < 4.78 is 6.13. The second-order valence-electron chi connectivity index (χ2n) is 8.21. The van der Waals surface area contributed by atoms with Crippen LogP contribution >= 0.6 is 24.0 Å². The van der Waals surface area contributed by atoms with Crippen LogP contribution in [0.2, 0.25) is 0 Å². The summed E-state index contributed by atoms with van der Waals surface area (Å²) in [6.07, 6.45) is 3.43. The molecule has 2 atom stereocenters. The first-order chi connectivity index (χ1) is 12.5. The number of halogens is 1. The van der Waals surface area contributed by atoms with Crippen molar-refractivity contribution in [1.29, 1.82) is 0 Å². The second-order valence-corrected chi connectivity index (χ2v) is 8.21. The summed E-state index contributed by atoms with van der Waals surface area (Å²) in [5, 5.41) is 7.17. The van der Waals surface area contributed by atoms with Crippen molar-refractivity contribution in [1.82, 2.24) is 15.5 Å². The van der Waals surface area contributed by atoms with E-state index < -0.39 is 0 Å². The number of likely N-dealkylation sites (tertiary alicyclic amines) is 1. The minimum Gasteiger partial charge on any atom is -0.487 e. The van der Waals surface area contributed by atoms with Crippen LogP contribution in [0.1, 0.15) is 51.6 Å². The first-order valence-electron chi connectivity index (χ1n) is 9.98. The topological polar surface area (TPSA) is 48.9 Å². The molecule has 5 nitrogen and oxygen atoms in total. The van der Waals surface area contributed by atoms with Gasteiger partial charge in [0, 0.05) is 32.1 Å². The van der Waals surface area contributed by atoms with E-state index in [2.05, 4.69) is 59.5 Å². The lowest BCUT2D eigenvalue weighted by molar-refractivity contribution is 0.0694. The minimum atomic E-state index is -0.184. The van der Waals surface area contributed by atoms with E-state index in [9.17, 15) is 0 Å². The van der Waals surface area contributed by atoms with E-state index in [-0.39, 0.29) is 35.6 Å². The molecule has 2 aliphatic rings. The lowest BCUT2D eigenvalue weighted by atomic mass is 9.90. The SMILES string of the molecule is CCCN1CCC(CNC(=NC)NC2CC(C)(C)Oc3ccccc32)C1.I. The maximum Gasteiger partial charge on any atom is 0.191 e. The molecule has 0 spiro atoms. The van der Waals surface area contributed by atoms with Gasteiger partial charge in [-0.05, 0) is 51.8 Å². The van der Waals surface area contributed by atoms with Crippen molar-refractivity contribution in [2.75, 3.05) is 33.2 Å². The van der Waals surface area contributed by atoms with Gasteiger partial charge < -0.3 is 20.3 Å². The summed E-state index contributed by atoms with van der Waals surface area (Å²) in [5.74, 6) is 2.57. The molecule has 2 aliphatic heterocycles. The van der Waals surface area contributed by atoms with Gasteiger partial charge in [0.05, 0.1) is 6.04 Å². The molecule has 0 bridgehead atoms. The molecule has 1 fully saturated rings. The Kier molecular flexibility index (Phi) is 8.21. The van der Waals surface area contributed by atoms with Gasteiger partial charge >= 0.3 is 0 Å². The molecule has 27 heavy (non-hydrogen) atoms. The van der Waals surface area contributed by atoms with E-state index in [1.54, 1.807) is 0 Å². The molecule has 152 valence electrons. The van der Waals surface area contributed by atoms with Crippen LogP contribution in [0.25, 0.3) is 0 Å². The molecule has 0 saturated carbocycles. The second kappa shape index (κ2) is 9.96. The van der Waals surface area contributed by atoms with Crippen molar-refractivity contribution >= 4 is 29.9 Å². The van der Waals surface area contributed by atoms with Crippen LogP contribution < -0.4 is 15.4 Å². The van der Waals surface area contributed by atoms with Gasteiger partial charge in [-0.25, -0.2) is 0 Å². The Morgan fingerprint density at radius 2 is 2.11 bits per heavy atom. The number of hydrogen-bond acceptors (Lipinski definition) is 3. The monoisotopic (exact) mass is 486 g/mol. The van der Waals surface area contributed by atoms with Gasteiger partial charge in [-0.3, -0.25) is 4.99 Å². The van der Waals surface area contributed by atoms with Crippen LogP contribution in [-0.2, 0) is 0 Å². The number of ether oxygens (including phenoxy) is 1. The van der Waals surface area contributed by atoms with Crippen molar-refractivity contribution in [2.45, 2.75) is 51.7 Å². The molecule has 0 amide bonds. The average molecular weight is 486 g/mol. The number of guanidine groups is 1. The number of rotatable bonds is 5. The van der Waals surface area contributed by atoms with E-state index in [1.165, 1.54) is 38.0 Å². The predicted octanol–water partition coefficient (Wildman–Crippen LogP) is 3.80. The zero-order valence-corrected chi connectivity index (χ0v) is 19.5. The first kappa shape index (κ1) is 22.3. The molecule has 0 radical (unpaired) electrons. The van der Waals surface area contributed by atoms with Gasteiger partial charge in [0.15, 0.2) is 5.96 Å². The Hall–Kier alpha value is -1.02. The number of nitrogens with one attached hydrogen (secondary N) is 2. The van der Waals surface area contributed by atoms with Gasteiger partial charge in [0.25, 0.3) is 0 Å². The zero-order chi connectivity index (χ0) is 18.6. The smallest absolute Gasteiger partial charge is 0.191 e. The molecule has 6 heteroatoms. The largest absolute Gasteiger partial charge is 0.487 e. The lowest BCUT2D eigenvalue weighted by Gasteiger charge is -2.38. The van der Waals surface area contributed by atoms with Gasteiger partial charge in [0.2, 0.25) is 0 Å². The summed E-state index contributed by atoms with van der Waals surface area (Å²) in [6.45, 7) is 11.2. The Morgan fingerprint density at radius 1 is 1.33 bits per heavy atom. The molecule has 2 unspecified atom stereocenters. The normalized spacial score (nSPS) is 24.5. The van der Waals surface area contributed by atoms with Crippen LogP contribution in [0, 0.1) is 5.92 Å². The molecule has 0 aliphatic carbocycles. The molecular weight excluding hydrogens is 451 g/mol. The molecule has 1 saturated heterocycles. The quantitative estimate of drug-likeness (QED) is 0.378. The fourth-order valence-electron chi connectivity index (χ4n) is 4.13. The number of nitrogens with zero attached hydrogens (tertiary/aromatic N) is 2. The number of benzene rings is 1. The highest BCUT2D eigenvalue weighted by atomic mass is 127. The number of para-hydroxylation sites is 1. The summed E-state index contributed by atoms with van der Waals surface area (Å²) >= 11 is 0. The first-order valence-corrected chi connectivity index (χ1v) is 9.98. The zero-order valence-electron chi connectivity index (χ0n) is 17.1. The number of fused-ring (bicyclic) bond motifs is 1. The van der Waals surface area contributed by atoms with Crippen LogP contribution in [0.4, 0.5) is 0 Å². The molecule has 1 aromatic carbocycles. The molecule has 3 rings (SSSR count). The Bertz CT molecular complexity index is 634. The Morgan fingerprint density at radius 3 is 2.85 bits per heavy atom. The van der Waals surface area contributed by atoms with Crippen LogP contribution in [-0.4, -0.2) is 49.7 Å². The van der Waals surface area contributed by atoms with E-state index in [0.717, 1.165) is 24.7 Å². The predicted molar refractivity (Wildman–Crippen MR) is 123 cm³/mol. The third-order valence-electron chi connectivity index (χ3n) is 5.38. The standard InChI is InChI=1S/C21H34N4O.HI/c1-5-11-25-12-10-16(15-25)14-23-20(22-4)24-18-13-21(2,3)26-19-9-7-6-8-17(18)19;/h6-9,16,18H,5,10-15H2,1-4H3,(H2,22,23,24);1H. The van der Waals surface area contributed by atoms with E-state index in [0.29, 0.717) is 5.92 Å². The highest BCUT2D eigenvalue weighted by Gasteiger charge is 2.34. The summed E-state index contributed by atoms with van der Waals surface area (Å²) in [6, 6.07) is 8.52. The minimum absolute atomic E-state index is 0. The molecule has 1 aromatic rings. The maximum atomic E-state index is 6.13. The van der Waals surface area contributed by atoms with Crippen molar-refractivity contribution in [3.63, 3.8) is 0 Å². The number of aliphatic imine (C=N–C) groups is 1. The molecular formula is C21H35IN4O. The van der Waals surface area contributed by atoms with E-state index in [4.69, 9.17) is 4.74 Å². The van der Waals surface area contributed by atoms with Crippen LogP contribution in [0.5, 0.6) is 5.75 Å². The van der Waals surface area contributed by atoms with Crippen LogP contribution in [0.3, 0.4) is 0 Å². The van der Waals surface area contributed by atoms with Crippen molar-refractivity contribution in [2.24, 2.45) is 10.9 Å². The lowest BCUT2D eigenvalue weighted by Crippen LogP contribution is -2.46. The van der Waals surface area contributed by atoms with E-state index >= 15 is 0 Å². The maximum absolute atomic E-state index is 6.13. The van der Waals surface area contributed by atoms with Gasteiger partial charge in [-0.1, -0.05) is 25.1 Å². The molecule has 0 aromatic heterocycles. The Labute approximate surface area is 181 Å². The summed E-state index contributed by atoms with van der Waals surface area (Å²) in [4.78, 5) is 7.03. The molecule has 2 N–H and O–H groups in total. The highest BCUT2D eigenvalue weighted by molar-refractivity contribution is 14.0. The third kappa shape index (κ3) is 5.98. The Balaban J connectivity index is 0.00000261. The highest BCUT2D eigenvalue weighted by Crippen LogP contribution is 2.39. The third-order valence-corrected chi connectivity index (χ3v) is 5.38. The fourth-order valence-corrected chi connectivity index (χ4v) is 4.13. The van der Waals surface area contributed by atoms with E-state index in [1.807, 2.05) is 13.1 Å². The van der Waals surface area contributed by atoms with Gasteiger partial charge in [0.1, 0.15) is 11.4 Å². The molecule has 2 heterocycles. The number of hydrogen-bond donors (Lipinski definition) is 2. The summed E-state index contributed by atoms with van der Waals surface area (Å²) in [5.41, 5.74) is 1.03. The fraction of sp³-hybridized carbons (Fsp3) is 0.667. The van der Waals surface area contributed by atoms with Gasteiger partial charge in [-0.2, -0.15) is 0 Å². The average Bonchev–Trinajstić information content (AvgIpc) is 3.05. The van der Waals surface area contributed by atoms with Crippen molar-refractivity contribution < 1.29 is 4.74 Å². The summed E-state index contributed by atoms with van der Waals surface area (Å²) in [7, 11) is 1.85. The van der Waals surface area contributed by atoms with Crippen molar-refractivity contribution in [3.05, 3.63) is 29.8 Å². The van der Waals surface area contributed by atoms with Crippen LogP contribution in [0.15, 0.2) is 29.3 Å².